The molecule has 0 saturated carbocycles. The number of halogens is 3. The van der Waals surface area contributed by atoms with Gasteiger partial charge in [-0.25, -0.2) is 4.98 Å². The number of hydrogen-bond acceptors (Lipinski definition) is 7. The van der Waals surface area contributed by atoms with Gasteiger partial charge < -0.3 is 15.5 Å². The van der Waals surface area contributed by atoms with Crippen molar-refractivity contribution in [2.24, 2.45) is 0 Å². The fourth-order valence-electron chi connectivity index (χ4n) is 3.07. The van der Waals surface area contributed by atoms with Crippen LogP contribution in [0.15, 0.2) is 24.4 Å². The number of alkyl halides is 3. The molecule has 1 aromatic heterocycles. The van der Waals surface area contributed by atoms with Gasteiger partial charge in [-0.05, 0) is 36.1 Å². The van der Waals surface area contributed by atoms with Crippen molar-refractivity contribution in [2.75, 3.05) is 30.8 Å². The first-order valence-electron chi connectivity index (χ1n) is 8.63. The maximum absolute atomic E-state index is 12.7. The van der Waals surface area contributed by atoms with Crippen LogP contribution in [0.1, 0.15) is 11.1 Å². The Morgan fingerprint density at radius 3 is 2.55 bits per heavy atom. The second-order valence-corrected chi connectivity index (χ2v) is 6.33. The lowest BCUT2D eigenvalue weighted by molar-refractivity contribution is -0.384. The smallest absolute Gasteiger partial charge is 0.367 e. The van der Waals surface area contributed by atoms with E-state index in [1.807, 2.05) is 0 Å². The van der Waals surface area contributed by atoms with Crippen molar-refractivity contribution < 1.29 is 22.9 Å². The molecule has 1 aliphatic heterocycles. The van der Waals surface area contributed by atoms with Gasteiger partial charge in [-0.3, -0.25) is 14.9 Å². The molecule has 12 heteroatoms. The molecule has 2 heterocycles. The highest BCUT2D eigenvalue weighted by Crippen LogP contribution is 2.26. The SMILES string of the molecule is CNc1nc(Nc2ccc3c(c2)CCN(C(=O)C(F)(F)F)CC3)ncc1[N+](=O)[O-]. The lowest BCUT2D eigenvalue weighted by Gasteiger charge is -2.21. The molecule has 1 aliphatic rings. The van der Waals surface area contributed by atoms with Crippen LogP contribution in [0.3, 0.4) is 0 Å². The van der Waals surface area contributed by atoms with E-state index < -0.39 is 17.0 Å². The van der Waals surface area contributed by atoms with Gasteiger partial charge in [0.2, 0.25) is 11.8 Å². The number of benzene rings is 1. The molecule has 0 saturated heterocycles. The number of rotatable bonds is 4. The van der Waals surface area contributed by atoms with Crippen molar-refractivity contribution in [1.82, 2.24) is 14.9 Å². The number of fused-ring (bicyclic) bond motifs is 1. The minimum absolute atomic E-state index is 0.00485. The largest absolute Gasteiger partial charge is 0.471 e. The molecule has 9 nitrogen and oxygen atoms in total. The Labute approximate surface area is 163 Å². The summed E-state index contributed by atoms with van der Waals surface area (Å²) in [6, 6.07) is 5.23. The predicted octanol–water partition coefficient (Wildman–Crippen LogP) is 2.66. The summed E-state index contributed by atoms with van der Waals surface area (Å²) < 4.78 is 38.0. The lowest BCUT2D eigenvalue weighted by atomic mass is 10.0. The molecule has 2 aromatic rings. The lowest BCUT2D eigenvalue weighted by Crippen LogP contribution is -2.42. The van der Waals surface area contributed by atoms with Crippen LogP contribution in [-0.2, 0) is 17.6 Å². The van der Waals surface area contributed by atoms with Crippen molar-refractivity contribution >= 4 is 29.0 Å². The molecule has 0 bridgehead atoms. The zero-order chi connectivity index (χ0) is 21.2. The van der Waals surface area contributed by atoms with Gasteiger partial charge in [-0.1, -0.05) is 6.07 Å². The third kappa shape index (κ3) is 4.52. The molecule has 0 spiro atoms. The van der Waals surface area contributed by atoms with E-state index in [0.717, 1.165) is 22.2 Å². The molecule has 1 amide bonds. The van der Waals surface area contributed by atoms with Crippen LogP contribution in [-0.4, -0.2) is 52.0 Å². The number of amides is 1. The first-order chi connectivity index (χ1) is 13.7. The van der Waals surface area contributed by atoms with Crippen LogP contribution in [0.2, 0.25) is 0 Å². The van der Waals surface area contributed by atoms with E-state index in [-0.39, 0.29) is 37.0 Å². The number of aromatic nitrogens is 2. The molecule has 3 rings (SSSR count). The van der Waals surface area contributed by atoms with E-state index in [0.29, 0.717) is 12.1 Å². The van der Waals surface area contributed by atoms with E-state index >= 15 is 0 Å². The van der Waals surface area contributed by atoms with Crippen LogP contribution < -0.4 is 10.6 Å². The maximum atomic E-state index is 12.7. The van der Waals surface area contributed by atoms with Gasteiger partial charge in [0.1, 0.15) is 6.20 Å². The zero-order valence-electron chi connectivity index (χ0n) is 15.3. The van der Waals surface area contributed by atoms with E-state index in [9.17, 15) is 28.1 Å². The number of carbonyl (C=O) groups excluding carboxylic acids is 1. The molecular formula is C17H17F3N6O3. The molecule has 0 atom stereocenters. The Balaban J connectivity index is 1.77. The van der Waals surface area contributed by atoms with E-state index in [4.69, 9.17) is 0 Å². The summed E-state index contributed by atoms with van der Waals surface area (Å²) >= 11 is 0. The van der Waals surface area contributed by atoms with Crippen molar-refractivity contribution in [3.63, 3.8) is 0 Å². The fraction of sp³-hybridized carbons (Fsp3) is 0.353. The second-order valence-electron chi connectivity index (χ2n) is 6.33. The van der Waals surface area contributed by atoms with Crippen molar-refractivity contribution in [2.45, 2.75) is 19.0 Å². The molecule has 1 aromatic carbocycles. The molecule has 0 unspecified atom stereocenters. The zero-order valence-corrected chi connectivity index (χ0v) is 15.3. The summed E-state index contributed by atoms with van der Waals surface area (Å²) in [6.45, 7) is -0.0398. The van der Waals surface area contributed by atoms with Crippen molar-refractivity contribution in [1.29, 1.82) is 0 Å². The average molecular weight is 410 g/mol. The minimum atomic E-state index is -4.89. The summed E-state index contributed by atoms with van der Waals surface area (Å²) in [4.78, 5) is 30.6. The molecule has 0 fully saturated rings. The summed E-state index contributed by atoms with van der Waals surface area (Å²) in [5.74, 6) is -1.66. The quantitative estimate of drug-likeness (QED) is 0.588. The van der Waals surface area contributed by atoms with Crippen LogP contribution in [0, 0.1) is 10.1 Å². The van der Waals surface area contributed by atoms with E-state index in [2.05, 4.69) is 20.6 Å². The van der Waals surface area contributed by atoms with Crippen molar-refractivity contribution in [3.8, 4) is 0 Å². The van der Waals surface area contributed by atoms with Gasteiger partial charge in [0.05, 0.1) is 4.92 Å². The first kappa shape index (κ1) is 20.3. The Hall–Kier alpha value is -3.44. The Morgan fingerprint density at radius 2 is 1.93 bits per heavy atom. The molecule has 2 N–H and O–H groups in total. The number of hydrogen-bond donors (Lipinski definition) is 2. The van der Waals surface area contributed by atoms with Gasteiger partial charge in [0, 0.05) is 25.8 Å². The van der Waals surface area contributed by atoms with E-state index in [1.165, 1.54) is 7.05 Å². The van der Waals surface area contributed by atoms with Crippen LogP contribution >= 0.6 is 0 Å². The monoisotopic (exact) mass is 410 g/mol. The number of anilines is 3. The average Bonchev–Trinajstić information content (AvgIpc) is 2.88. The van der Waals surface area contributed by atoms with Gasteiger partial charge in [0.25, 0.3) is 0 Å². The molecule has 154 valence electrons. The minimum Gasteiger partial charge on any atom is -0.367 e. The third-order valence-electron chi connectivity index (χ3n) is 4.50. The summed E-state index contributed by atoms with van der Waals surface area (Å²) in [7, 11) is 1.50. The highest BCUT2D eigenvalue weighted by molar-refractivity contribution is 5.82. The molecule has 0 radical (unpaired) electrons. The fourth-order valence-corrected chi connectivity index (χ4v) is 3.07. The summed E-state index contributed by atoms with van der Waals surface area (Å²) in [5.41, 5.74) is 1.97. The van der Waals surface area contributed by atoms with Crippen LogP contribution in [0.25, 0.3) is 0 Å². The van der Waals surface area contributed by atoms with Gasteiger partial charge in [0.15, 0.2) is 0 Å². The Bertz CT molecular complexity index is 950. The number of carbonyl (C=O) groups is 1. The number of nitro groups is 1. The van der Waals surface area contributed by atoms with Gasteiger partial charge in [-0.15, -0.1) is 0 Å². The molecule has 0 aliphatic carbocycles. The second kappa shape index (κ2) is 7.89. The van der Waals surface area contributed by atoms with Crippen LogP contribution in [0.5, 0.6) is 0 Å². The molecule has 29 heavy (non-hydrogen) atoms. The highest BCUT2D eigenvalue weighted by Gasteiger charge is 2.42. The number of nitrogens with one attached hydrogen (secondary N) is 2. The summed E-state index contributed by atoms with van der Waals surface area (Å²) in [5, 5.41) is 16.5. The Kier molecular flexibility index (Phi) is 5.52. The normalized spacial score (nSPS) is 14.0. The first-order valence-corrected chi connectivity index (χ1v) is 8.63. The summed E-state index contributed by atoms with van der Waals surface area (Å²) in [6.07, 6.45) is -3.22. The van der Waals surface area contributed by atoms with Crippen LogP contribution in [0.4, 0.5) is 36.3 Å². The topological polar surface area (TPSA) is 113 Å². The third-order valence-corrected chi connectivity index (χ3v) is 4.50. The standard InChI is InChI=1S/C17H17F3N6O3/c1-21-14-13(26(28)29)9-22-16(24-14)23-12-3-2-10-4-6-25(7-5-11(10)8-12)15(27)17(18,19)20/h2-3,8-9H,4-7H2,1H3,(H2,21,22,23,24). The van der Waals surface area contributed by atoms with Gasteiger partial charge in [-0.2, -0.15) is 18.2 Å². The van der Waals surface area contributed by atoms with E-state index in [1.54, 1.807) is 18.2 Å². The molecular weight excluding hydrogens is 393 g/mol. The van der Waals surface area contributed by atoms with Crippen molar-refractivity contribution in [3.05, 3.63) is 45.6 Å². The predicted molar refractivity (Wildman–Crippen MR) is 98.0 cm³/mol. The van der Waals surface area contributed by atoms with Gasteiger partial charge >= 0.3 is 17.8 Å². The Morgan fingerprint density at radius 1 is 1.24 bits per heavy atom. The number of nitrogens with zero attached hydrogens (tertiary/aromatic N) is 4. The maximum Gasteiger partial charge on any atom is 0.471 e. The highest BCUT2D eigenvalue weighted by atomic mass is 19.4.